The van der Waals surface area contributed by atoms with Gasteiger partial charge in [0.05, 0.1) is 6.04 Å². The molecule has 1 atom stereocenters. The van der Waals surface area contributed by atoms with E-state index in [1.807, 2.05) is 30.3 Å². The Morgan fingerprint density at radius 1 is 1.20 bits per heavy atom. The first-order valence-electron chi connectivity index (χ1n) is 11.1. The largest absolute Gasteiger partial charge is 0.348 e. The van der Waals surface area contributed by atoms with Crippen molar-refractivity contribution in [3.8, 4) is 0 Å². The molecular formula is C24H35N3O3. The minimum Gasteiger partial charge on any atom is -0.348 e. The first-order chi connectivity index (χ1) is 14.2. The van der Waals surface area contributed by atoms with Crippen molar-refractivity contribution in [3.05, 3.63) is 35.9 Å². The molecule has 1 heterocycles. The summed E-state index contributed by atoms with van der Waals surface area (Å²) in [6, 6.07) is 9.22. The van der Waals surface area contributed by atoms with Crippen LogP contribution in [0.2, 0.25) is 0 Å². The minimum absolute atomic E-state index is 0.124. The second-order valence-electron chi connectivity index (χ2n) is 9.86. The van der Waals surface area contributed by atoms with Gasteiger partial charge in [-0.05, 0) is 49.0 Å². The minimum atomic E-state index is -0.832. The van der Waals surface area contributed by atoms with Gasteiger partial charge in [-0.2, -0.15) is 0 Å². The molecule has 1 aliphatic heterocycles. The summed E-state index contributed by atoms with van der Waals surface area (Å²) >= 11 is 0. The van der Waals surface area contributed by atoms with Crippen molar-refractivity contribution in [2.75, 3.05) is 6.54 Å². The lowest BCUT2D eigenvalue weighted by atomic mass is 9.67. The summed E-state index contributed by atoms with van der Waals surface area (Å²) in [7, 11) is 0. The summed E-state index contributed by atoms with van der Waals surface area (Å²) in [4.78, 5) is 39.5. The molecular weight excluding hydrogens is 378 g/mol. The lowest BCUT2D eigenvalue weighted by Crippen LogP contribution is -2.51. The van der Waals surface area contributed by atoms with E-state index in [0.29, 0.717) is 18.8 Å². The Kier molecular flexibility index (Phi) is 6.53. The molecule has 4 amide bonds. The van der Waals surface area contributed by atoms with Gasteiger partial charge >= 0.3 is 6.03 Å². The molecule has 2 fully saturated rings. The third kappa shape index (κ3) is 4.68. The highest BCUT2D eigenvalue weighted by Gasteiger charge is 2.53. The van der Waals surface area contributed by atoms with Crippen molar-refractivity contribution in [3.63, 3.8) is 0 Å². The zero-order valence-corrected chi connectivity index (χ0v) is 18.7. The Hall–Kier alpha value is -2.37. The van der Waals surface area contributed by atoms with E-state index in [0.717, 1.165) is 36.1 Å². The molecule has 30 heavy (non-hydrogen) atoms. The lowest BCUT2D eigenvalue weighted by molar-refractivity contribution is -0.136. The van der Waals surface area contributed by atoms with Gasteiger partial charge in [-0.1, -0.05) is 64.4 Å². The van der Waals surface area contributed by atoms with Crippen molar-refractivity contribution in [2.45, 2.75) is 77.8 Å². The standard InChI is InChI=1S/C24H35N3O3/c1-5-9-19(17-10-7-6-8-11-17)25-20(28)16-27-21(29)24(26-22(27)30)14-12-18(13-15-24)23(2,3)4/h6-8,10-11,18-19H,5,9,12-16H2,1-4H3,(H,25,28)(H,26,30). The van der Waals surface area contributed by atoms with Crippen molar-refractivity contribution in [1.29, 1.82) is 0 Å². The number of imide groups is 1. The molecule has 1 unspecified atom stereocenters. The number of hydrogen-bond donors (Lipinski definition) is 2. The Labute approximate surface area is 179 Å². The maximum absolute atomic E-state index is 13.1. The number of benzene rings is 1. The molecule has 1 aromatic rings. The van der Waals surface area contributed by atoms with Gasteiger partial charge in [-0.3, -0.25) is 14.5 Å². The quantitative estimate of drug-likeness (QED) is 0.687. The molecule has 1 aromatic carbocycles. The highest BCUT2D eigenvalue weighted by atomic mass is 16.2. The van der Waals surface area contributed by atoms with Crippen molar-refractivity contribution in [2.24, 2.45) is 11.3 Å². The van der Waals surface area contributed by atoms with Crippen LogP contribution in [0.25, 0.3) is 0 Å². The van der Waals surface area contributed by atoms with Crippen LogP contribution in [0.15, 0.2) is 30.3 Å². The molecule has 1 saturated heterocycles. The normalized spacial score (nSPS) is 25.3. The van der Waals surface area contributed by atoms with E-state index < -0.39 is 11.6 Å². The van der Waals surface area contributed by atoms with E-state index in [9.17, 15) is 14.4 Å². The predicted molar refractivity (Wildman–Crippen MR) is 117 cm³/mol. The maximum Gasteiger partial charge on any atom is 0.325 e. The Morgan fingerprint density at radius 3 is 2.40 bits per heavy atom. The number of amides is 4. The molecule has 2 aliphatic rings. The zero-order chi connectivity index (χ0) is 21.9. The van der Waals surface area contributed by atoms with E-state index in [1.54, 1.807) is 0 Å². The second-order valence-corrected chi connectivity index (χ2v) is 9.86. The number of nitrogens with one attached hydrogen (secondary N) is 2. The predicted octanol–water partition coefficient (Wildman–Crippen LogP) is 4.17. The van der Waals surface area contributed by atoms with Gasteiger partial charge in [0.15, 0.2) is 0 Å². The average Bonchev–Trinajstić information content (AvgIpc) is 2.92. The van der Waals surface area contributed by atoms with Crippen LogP contribution in [0.4, 0.5) is 4.79 Å². The Balaban J connectivity index is 1.63. The van der Waals surface area contributed by atoms with Gasteiger partial charge in [0.25, 0.3) is 5.91 Å². The van der Waals surface area contributed by atoms with Gasteiger partial charge in [-0.15, -0.1) is 0 Å². The first kappa shape index (κ1) is 22.3. The van der Waals surface area contributed by atoms with Gasteiger partial charge < -0.3 is 10.6 Å². The van der Waals surface area contributed by atoms with E-state index in [-0.39, 0.29) is 29.8 Å². The summed E-state index contributed by atoms with van der Waals surface area (Å²) in [5.74, 6) is -0.0196. The third-order valence-electron chi connectivity index (χ3n) is 6.73. The molecule has 0 bridgehead atoms. The van der Waals surface area contributed by atoms with Gasteiger partial charge in [-0.25, -0.2) is 4.79 Å². The van der Waals surface area contributed by atoms with Crippen LogP contribution in [0.5, 0.6) is 0 Å². The molecule has 0 radical (unpaired) electrons. The monoisotopic (exact) mass is 413 g/mol. The second kappa shape index (κ2) is 8.78. The summed E-state index contributed by atoms with van der Waals surface area (Å²) < 4.78 is 0. The van der Waals surface area contributed by atoms with E-state index >= 15 is 0 Å². The van der Waals surface area contributed by atoms with Crippen LogP contribution in [0.1, 0.15) is 77.8 Å². The topological polar surface area (TPSA) is 78.5 Å². The fourth-order valence-corrected chi connectivity index (χ4v) is 4.82. The highest BCUT2D eigenvalue weighted by Crippen LogP contribution is 2.43. The van der Waals surface area contributed by atoms with Crippen LogP contribution in [0, 0.1) is 11.3 Å². The number of urea groups is 1. The SMILES string of the molecule is CCCC(NC(=O)CN1C(=O)NC2(CCC(C(C)(C)C)CC2)C1=O)c1ccccc1. The molecule has 1 spiro atoms. The molecule has 164 valence electrons. The molecule has 3 rings (SSSR count). The van der Waals surface area contributed by atoms with Gasteiger partial charge in [0.1, 0.15) is 12.1 Å². The molecule has 0 aromatic heterocycles. The van der Waals surface area contributed by atoms with E-state index in [4.69, 9.17) is 0 Å². The molecule has 6 nitrogen and oxygen atoms in total. The van der Waals surface area contributed by atoms with Gasteiger partial charge in [0.2, 0.25) is 5.91 Å². The fourth-order valence-electron chi connectivity index (χ4n) is 4.82. The average molecular weight is 414 g/mol. The summed E-state index contributed by atoms with van der Waals surface area (Å²) in [6.07, 6.45) is 4.81. The maximum atomic E-state index is 13.1. The molecule has 2 N–H and O–H groups in total. The summed E-state index contributed by atoms with van der Waals surface area (Å²) in [5, 5.41) is 5.92. The first-order valence-corrected chi connectivity index (χ1v) is 11.1. The number of carbonyl (C=O) groups is 3. The Morgan fingerprint density at radius 2 is 1.83 bits per heavy atom. The fraction of sp³-hybridized carbons (Fsp3) is 0.625. The molecule has 1 aliphatic carbocycles. The van der Waals surface area contributed by atoms with Crippen LogP contribution in [-0.4, -0.2) is 34.8 Å². The van der Waals surface area contributed by atoms with Crippen molar-refractivity contribution in [1.82, 2.24) is 15.5 Å². The molecule has 6 heteroatoms. The number of nitrogens with zero attached hydrogens (tertiary/aromatic N) is 1. The summed E-state index contributed by atoms with van der Waals surface area (Å²) in [5.41, 5.74) is 0.391. The van der Waals surface area contributed by atoms with Crippen LogP contribution in [0.3, 0.4) is 0 Å². The van der Waals surface area contributed by atoms with Gasteiger partial charge in [0, 0.05) is 0 Å². The van der Waals surface area contributed by atoms with Crippen LogP contribution in [-0.2, 0) is 9.59 Å². The number of rotatable bonds is 6. The summed E-state index contributed by atoms with van der Waals surface area (Å²) in [6.45, 7) is 8.50. The van der Waals surface area contributed by atoms with Crippen LogP contribution >= 0.6 is 0 Å². The smallest absolute Gasteiger partial charge is 0.325 e. The highest BCUT2D eigenvalue weighted by molar-refractivity contribution is 6.09. The van der Waals surface area contributed by atoms with E-state index in [1.165, 1.54) is 0 Å². The molecule has 1 saturated carbocycles. The third-order valence-corrected chi connectivity index (χ3v) is 6.73. The number of carbonyl (C=O) groups excluding carboxylic acids is 3. The van der Waals surface area contributed by atoms with Crippen molar-refractivity contribution < 1.29 is 14.4 Å². The zero-order valence-electron chi connectivity index (χ0n) is 18.7. The van der Waals surface area contributed by atoms with E-state index in [2.05, 4.69) is 38.3 Å². The Bertz CT molecular complexity index is 777. The lowest BCUT2D eigenvalue weighted by Gasteiger charge is -2.40. The number of hydrogen-bond acceptors (Lipinski definition) is 3. The van der Waals surface area contributed by atoms with Crippen LogP contribution < -0.4 is 10.6 Å². The van der Waals surface area contributed by atoms with Crippen molar-refractivity contribution >= 4 is 17.8 Å².